The zero-order valence-electron chi connectivity index (χ0n) is 10.1. The summed E-state index contributed by atoms with van der Waals surface area (Å²) in [7, 11) is -2.13. The fourth-order valence-electron chi connectivity index (χ4n) is 2.01. The average Bonchev–Trinajstić information content (AvgIpc) is 2.57. The highest BCUT2D eigenvalue weighted by Crippen LogP contribution is 2.41. The van der Waals surface area contributed by atoms with Crippen molar-refractivity contribution in [1.29, 1.82) is 0 Å². The minimum atomic E-state index is -4.56. The molecule has 1 heterocycles. The first-order chi connectivity index (χ1) is 8.78. The molecular weight excluding hydrogens is 279 g/mol. The van der Waals surface area contributed by atoms with Crippen LogP contribution in [0.4, 0.5) is 13.2 Å². The van der Waals surface area contributed by atoms with Gasteiger partial charge in [-0.25, -0.2) is 8.42 Å². The van der Waals surface area contributed by atoms with E-state index in [2.05, 4.69) is 5.32 Å². The number of nitrogens with one attached hydrogen (secondary N) is 1. The number of sulfone groups is 1. The molecule has 0 unspecified atom stereocenters. The van der Waals surface area contributed by atoms with Gasteiger partial charge in [0.05, 0.1) is 15.4 Å². The monoisotopic (exact) mass is 291 g/mol. The molecule has 2 rings (SSSR count). The van der Waals surface area contributed by atoms with E-state index in [0.717, 1.165) is 18.2 Å². The van der Waals surface area contributed by atoms with E-state index in [0.29, 0.717) is 6.54 Å². The van der Waals surface area contributed by atoms with Crippen molar-refractivity contribution in [2.24, 2.45) is 0 Å². The van der Waals surface area contributed by atoms with Crippen LogP contribution in [0.25, 0.3) is 6.08 Å². The third kappa shape index (κ3) is 2.40. The van der Waals surface area contributed by atoms with Crippen molar-refractivity contribution >= 4 is 15.9 Å². The predicted octanol–water partition coefficient (Wildman–Crippen LogP) is 2.44. The number of hydrogen-bond donors (Lipinski definition) is 1. The summed E-state index contributed by atoms with van der Waals surface area (Å²) in [5.41, 5.74) is -1.16. The summed E-state index contributed by atoms with van der Waals surface area (Å²) >= 11 is 0. The molecule has 0 aliphatic carbocycles. The standard InChI is InChI=1S/C12H12F3NO2S/c1-16-6-5-8-7-9-10(12(13,14)15)3-2-4-11(9)19(8,17)18/h2-4,7,16H,5-6H2,1H3. The Labute approximate surface area is 109 Å². The Morgan fingerprint density at radius 1 is 1.26 bits per heavy atom. The summed E-state index contributed by atoms with van der Waals surface area (Å²) < 4.78 is 62.7. The average molecular weight is 291 g/mol. The SMILES string of the molecule is CNCCC1=Cc2c(C(F)(F)F)cccc2S1(=O)=O. The van der Waals surface area contributed by atoms with Crippen LogP contribution in [0.3, 0.4) is 0 Å². The highest BCUT2D eigenvalue weighted by molar-refractivity contribution is 7.95. The molecule has 0 aromatic heterocycles. The third-order valence-corrected chi connectivity index (χ3v) is 4.88. The molecule has 7 heteroatoms. The molecule has 104 valence electrons. The van der Waals surface area contributed by atoms with E-state index in [1.165, 1.54) is 6.07 Å². The second-order valence-electron chi connectivity index (χ2n) is 4.18. The molecule has 1 aromatic rings. The van der Waals surface area contributed by atoms with Gasteiger partial charge in [-0.1, -0.05) is 6.07 Å². The Kier molecular flexibility index (Phi) is 3.44. The molecular formula is C12H12F3NO2S. The van der Waals surface area contributed by atoms with Crippen molar-refractivity contribution in [3.8, 4) is 0 Å². The van der Waals surface area contributed by atoms with Crippen LogP contribution in [-0.2, 0) is 16.0 Å². The van der Waals surface area contributed by atoms with E-state index in [-0.39, 0.29) is 21.8 Å². The Bertz CT molecular complexity index is 633. The molecule has 1 aliphatic rings. The molecule has 0 spiro atoms. The summed E-state index contributed by atoms with van der Waals surface area (Å²) in [6, 6.07) is 3.22. The van der Waals surface area contributed by atoms with E-state index < -0.39 is 21.6 Å². The summed E-state index contributed by atoms with van der Waals surface area (Å²) in [6.45, 7) is 0.389. The van der Waals surface area contributed by atoms with Gasteiger partial charge in [0.15, 0.2) is 0 Å². The van der Waals surface area contributed by atoms with Crippen LogP contribution in [0, 0.1) is 0 Å². The fraction of sp³-hybridized carbons (Fsp3) is 0.333. The topological polar surface area (TPSA) is 46.2 Å². The minimum absolute atomic E-state index is 0.0218. The van der Waals surface area contributed by atoms with Crippen LogP contribution in [0.15, 0.2) is 28.0 Å². The zero-order valence-corrected chi connectivity index (χ0v) is 10.9. The smallest absolute Gasteiger partial charge is 0.319 e. The van der Waals surface area contributed by atoms with Crippen LogP contribution in [-0.4, -0.2) is 22.0 Å². The minimum Gasteiger partial charge on any atom is -0.319 e. The first kappa shape index (κ1) is 14.1. The van der Waals surface area contributed by atoms with Crippen LogP contribution in [0.5, 0.6) is 0 Å². The lowest BCUT2D eigenvalue weighted by molar-refractivity contribution is -0.137. The number of benzene rings is 1. The molecule has 0 fully saturated rings. The number of rotatable bonds is 3. The maximum atomic E-state index is 12.8. The van der Waals surface area contributed by atoms with Crippen LogP contribution in [0.2, 0.25) is 0 Å². The number of halogens is 3. The second-order valence-corrected chi connectivity index (χ2v) is 6.15. The Hall–Kier alpha value is -1.34. The lowest BCUT2D eigenvalue weighted by atomic mass is 10.1. The second kappa shape index (κ2) is 4.64. The lowest BCUT2D eigenvalue weighted by Crippen LogP contribution is -2.11. The molecule has 0 amide bonds. The molecule has 1 N–H and O–H groups in total. The largest absolute Gasteiger partial charge is 0.417 e. The van der Waals surface area contributed by atoms with E-state index in [9.17, 15) is 21.6 Å². The Morgan fingerprint density at radius 3 is 2.53 bits per heavy atom. The van der Waals surface area contributed by atoms with E-state index in [1.54, 1.807) is 7.05 Å². The van der Waals surface area contributed by atoms with Gasteiger partial charge in [0.25, 0.3) is 0 Å². The van der Waals surface area contributed by atoms with Gasteiger partial charge in [0, 0.05) is 5.56 Å². The molecule has 1 aromatic carbocycles. The number of hydrogen-bond acceptors (Lipinski definition) is 3. The molecule has 1 aliphatic heterocycles. The van der Waals surface area contributed by atoms with E-state index in [1.807, 2.05) is 0 Å². The summed E-state index contributed by atoms with van der Waals surface area (Å²) in [5.74, 6) is 0. The lowest BCUT2D eigenvalue weighted by Gasteiger charge is -2.10. The van der Waals surface area contributed by atoms with Crippen molar-refractivity contribution in [3.63, 3.8) is 0 Å². The molecule has 0 atom stereocenters. The molecule has 0 saturated heterocycles. The van der Waals surface area contributed by atoms with Gasteiger partial charge in [0.2, 0.25) is 9.84 Å². The van der Waals surface area contributed by atoms with Crippen molar-refractivity contribution in [2.75, 3.05) is 13.6 Å². The quantitative estimate of drug-likeness (QED) is 0.930. The van der Waals surface area contributed by atoms with Gasteiger partial charge in [-0.05, 0) is 38.2 Å². The Balaban J connectivity index is 2.58. The van der Waals surface area contributed by atoms with Gasteiger partial charge < -0.3 is 5.32 Å². The Morgan fingerprint density at radius 2 is 1.95 bits per heavy atom. The first-order valence-electron chi connectivity index (χ1n) is 5.59. The van der Waals surface area contributed by atoms with Gasteiger partial charge >= 0.3 is 6.18 Å². The van der Waals surface area contributed by atoms with Gasteiger partial charge in [-0.3, -0.25) is 0 Å². The van der Waals surface area contributed by atoms with Crippen molar-refractivity contribution < 1.29 is 21.6 Å². The maximum absolute atomic E-state index is 12.8. The van der Waals surface area contributed by atoms with Crippen LogP contribution >= 0.6 is 0 Å². The highest BCUT2D eigenvalue weighted by Gasteiger charge is 2.39. The molecule has 0 bridgehead atoms. The summed E-state index contributed by atoms with van der Waals surface area (Å²) in [6.07, 6.45) is -3.26. The first-order valence-corrected chi connectivity index (χ1v) is 7.07. The summed E-state index contributed by atoms with van der Waals surface area (Å²) in [5, 5.41) is 2.78. The van der Waals surface area contributed by atoms with Gasteiger partial charge in [-0.15, -0.1) is 0 Å². The van der Waals surface area contributed by atoms with E-state index >= 15 is 0 Å². The maximum Gasteiger partial charge on any atom is 0.417 e. The molecule has 3 nitrogen and oxygen atoms in total. The normalized spacial score (nSPS) is 17.2. The summed E-state index contributed by atoms with van der Waals surface area (Å²) in [4.78, 5) is -0.234. The van der Waals surface area contributed by atoms with E-state index in [4.69, 9.17) is 0 Å². The molecule has 0 radical (unpaired) electrons. The van der Waals surface area contributed by atoms with Gasteiger partial charge in [0.1, 0.15) is 0 Å². The van der Waals surface area contributed by atoms with Crippen LogP contribution in [0.1, 0.15) is 17.5 Å². The zero-order chi connectivity index (χ0) is 14.3. The third-order valence-electron chi connectivity index (χ3n) is 2.93. The predicted molar refractivity (Wildman–Crippen MR) is 65.2 cm³/mol. The van der Waals surface area contributed by atoms with Crippen LogP contribution < -0.4 is 5.32 Å². The number of fused-ring (bicyclic) bond motifs is 1. The fourth-order valence-corrected chi connectivity index (χ4v) is 3.65. The number of alkyl halides is 3. The van der Waals surface area contributed by atoms with Gasteiger partial charge in [-0.2, -0.15) is 13.2 Å². The van der Waals surface area contributed by atoms with Crippen molar-refractivity contribution in [3.05, 3.63) is 34.2 Å². The van der Waals surface area contributed by atoms with Crippen molar-refractivity contribution in [2.45, 2.75) is 17.5 Å². The molecule has 19 heavy (non-hydrogen) atoms. The van der Waals surface area contributed by atoms with Crippen molar-refractivity contribution in [1.82, 2.24) is 5.32 Å². The highest BCUT2D eigenvalue weighted by atomic mass is 32.2. The molecule has 0 saturated carbocycles.